The van der Waals surface area contributed by atoms with Crippen molar-refractivity contribution >= 4 is 22.8 Å². The van der Waals surface area contributed by atoms with E-state index in [-0.39, 0.29) is 17.9 Å². The van der Waals surface area contributed by atoms with E-state index in [4.69, 9.17) is 9.47 Å². The molecular weight excluding hydrogens is 444 g/mol. The Hall–Kier alpha value is -3.26. The topological polar surface area (TPSA) is 79.8 Å². The summed E-state index contributed by atoms with van der Waals surface area (Å²) in [5, 5.41) is 0. The van der Waals surface area contributed by atoms with Crippen molar-refractivity contribution in [1.29, 1.82) is 0 Å². The highest BCUT2D eigenvalue weighted by Crippen LogP contribution is 2.29. The maximum atomic E-state index is 12.4. The number of fused-ring (bicyclic) bond motifs is 1. The van der Waals surface area contributed by atoms with Gasteiger partial charge >= 0.3 is 11.8 Å². The summed E-state index contributed by atoms with van der Waals surface area (Å²) in [6, 6.07) is 15.8. The Kier molecular flexibility index (Phi) is 7.08. The molecule has 0 atom stereocenters. The molecular formula is C27H34N4O4. The second kappa shape index (κ2) is 10.6. The highest BCUT2D eigenvalue weighted by molar-refractivity contribution is 5.89. The van der Waals surface area contributed by atoms with Gasteiger partial charge in [-0.15, -0.1) is 0 Å². The second-order valence-corrected chi connectivity index (χ2v) is 9.65. The molecule has 5 rings (SSSR count). The lowest BCUT2D eigenvalue weighted by atomic mass is 9.97. The summed E-state index contributed by atoms with van der Waals surface area (Å²) in [4.78, 5) is 31.5. The van der Waals surface area contributed by atoms with Gasteiger partial charge in [0.15, 0.2) is 0 Å². The first kappa shape index (κ1) is 23.5. The van der Waals surface area contributed by atoms with E-state index in [0.29, 0.717) is 25.6 Å². The first-order valence-electron chi connectivity index (χ1n) is 12.6. The number of nitrogens with one attached hydrogen (secondary N) is 1. The maximum Gasteiger partial charge on any atom is 0.410 e. The van der Waals surface area contributed by atoms with Crippen molar-refractivity contribution in [3.05, 3.63) is 64.6 Å². The summed E-state index contributed by atoms with van der Waals surface area (Å²) >= 11 is 0. The number of benzene rings is 2. The van der Waals surface area contributed by atoms with E-state index in [2.05, 4.69) is 16.0 Å². The molecule has 0 unspecified atom stereocenters. The molecule has 0 radical (unpaired) electrons. The molecule has 1 amide bonds. The third-order valence-corrected chi connectivity index (χ3v) is 7.32. The Morgan fingerprint density at radius 2 is 1.71 bits per heavy atom. The number of hydrogen-bond donors (Lipinski definition) is 1. The van der Waals surface area contributed by atoms with Crippen LogP contribution in [0.25, 0.3) is 11.0 Å². The van der Waals surface area contributed by atoms with E-state index in [0.717, 1.165) is 67.7 Å². The average molecular weight is 479 g/mol. The molecule has 0 aliphatic carbocycles. The summed E-state index contributed by atoms with van der Waals surface area (Å²) < 4.78 is 13.4. The Labute approximate surface area is 205 Å². The number of likely N-dealkylation sites (tertiary alicyclic amines) is 1. The molecule has 1 aromatic heterocycles. The summed E-state index contributed by atoms with van der Waals surface area (Å²) in [6.45, 7) is 4.34. The molecule has 8 heteroatoms. The lowest BCUT2D eigenvalue weighted by Crippen LogP contribution is -2.42. The number of amides is 1. The predicted molar refractivity (Wildman–Crippen MR) is 136 cm³/mol. The zero-order valence-electron chi connectivity index (χ0n) is 20.3. The van der Waals surface area contributed by atoms with Gasteiger partial charge in [-0.05, 0) is 49.3 Å². The molecule has 3 heterocycles. The van der Waals surface area contributed by atoms with Gasteiger partial charge in [0, 0.05) is 39.8 Å². The van der Waals surface area contributed by atoms with Crippen molar-refractivity contribution < 1.29 is 14.3 Å². The quantitative estimate of drug-likeness (QED) is 0.581. The van der Waals surface area contributed by atoms with Crippen LogP contribution in [0.1, 0.15) is 31.2 Å². The van der Waals surface area contributed by atoms with Crippen LogP contribution in [0.2, 0.25) is 0 Å². The number of imidazole rings is 1. The summed E-state index contributed by atoms with van der Waals surface area (Å²) in [6.07, 6.45) is 3.80. The van der Waals surface area contributed by atoms with Crippen LogP contribution in [0.5, 0.6) is 0 Å². The molecule has 186 valence electrons. The minimum Gasteiger partial charge on any atom is -0.445 e. The van der Waals surface area contributed by atoms with E-state index in [1.807, 2.05) is 49.5 Å². The van der Waals surface area contributed by atoms with Crippen LogP contribution in [-0.4, -0.2) is 59.4 Å². The van der Waals surface area contributed by atoms with Gasteiger partial charge in [-0.25, -0.2) is 9.59 Å². The lowest BCUT2D eigenvalue weighted by Gasteiger charge is -2.35. The summed E-state index contributed by atoms with van der Waals surface area (Å²) in [7, 11) is 1.82. The number of para-hydroxylation sites is 1. The molecule has 8 nitrogen and oxygen atoms in total. The lowest BCUT2D eigenvalue weighted by molar-refractivity contribution is -0.0131. The van der Waals surface area contributed by atoms with Gasteiger partial charge in [-0.3, -0.25) is 4.57 Å². The molecule has 0 spiro atoms. The number of nitrogens with zero attached hydrogens (tertiary/aromatic N) is 3. The fourth-order valence-corrected chi connectivity index (χ4v) is 5.17. The standard InChI is InChI=1S/C27H34N4O4/c1-29-25-23(28-26(29)32)8-5-9-24(25)30-14-10-21(11-15-30)18-34-22-12-16-31(17-13-22)27(33)35-19-20-6-3-2-4-7-20/h2-9,21-22H,10-19H2,1H3,(H,28,32). The summed E-state index contributed by atoms with van der Waals surface area (Å²) in [5.74, 6) is 0.536. The van der Waals surface area contributed by atoms with Crippen LogP contribution in [-0.2, 0) is 23.1 Å². The molecule has 2 aromatic carbocycles. The molecule has 1 N–H and O–H groups in total. The molecule has 2 fully saturated rings. The first-order valence-corrected chi connectivity index (χ1v) is 12.6. The number of anilines is 1. The van der Waals surface area contributed by atoms with Crippen LogP contribution < -0.4 is 10.6 Å². The van der Waals surface area contributed by atoms with Crippen LogP contribution in [0.3, 0.4) is 0 Å². The van der Waals surface area contributed by atoms with Crippen LogP contribution in [0.4, 0.5) is 10.5 Å². The van der Waals surface area contributed by atoms with Gasteiger partial charge in [-0.2, -0.15) is 0 Å². The van der Waals surface area contributed by atoms with E-state index in [9.17, 15) is 9.59 Å². The number of hydrogen-bond acceptors (Lipinski definition) is 5. The summed E-state index contributed by atoms with van der Waals surface area (Å²) in [5.41, 5.74) is 3.90. The van der Waals surface area contributed by atoms with Crippen LogP contribution in [0.15, 0.2) is 53.3 Å². The molecule has 0 bridgehead atoms. The van der Waals surface area contributed by atoms with Crippen LogP contribution >= 0.6 is 0 Å². The largest absolute Gasteiger partial charge is 0.445 e. The Bertz CT molecular complexity index is 1190. The number of aromatic amines is 1. The Morgan fingerprint density at radius 3 is 2.46 bits per heavy atom. The van der Waals surface area contributed by atoms with Gasteiger partial charge in [0.1, 0.15) is 6.61 Å². The van der Waals surface area contributed by atoms with Gasteiger partial charge in [0.05, 0.1) is 22.8 Å². The average Bonchev–Trinajstić information content (AvgIpc) is 3.20. The van der Waals surface area contributed by atoms with Crippen molar-refractivity contribution in [2.45, 2.75) is 38.4 Å². The molecule has 2 aliphatic rings. The van der Waals surface area contributed by atoms with Crippen molar-refractivity contribution in [3.63, 3.8) is 0 Å². The Balaban J connectivity index is 1.04. The van der Waals surface area contributed by atoms with Gasteiger partial charge in [0.25, 0.3) is 0 Å². The number of aryl methyl sites for hydroxylation is 1. The zero-order valence-corrected chi connectivity index (χ0v) is 20.3. The van der Waals surface area contributed by atoms with Crippen molar-refractivity contribution in [3.8, 4) is 0 Å². The van der Waals surface area contributed by atoms with E-state index in [1.54, 1.807) is 9.47 Å². The second-order valence-electron chi connectivity index (χ2n) is 9.65. The number of piperidine rings is 2. The number of carbonyl (C=O) groups excluding carboxylic acids is 1. The molecule has 35 heavy (non-hydrogen) atoms. The van der Waals surface area contributed by atoms with Crippen molar-refractivity contribution in [2.24, 2.45) is 13.0 Å². The maximum absolute atomic E-state index is 12.4. The third-order valence-electron chi connectivity index (χ3n) is 7.32. The number of ether oxygens (including phenoxy) is 2. The molecule has 0 saturated carbocycles. The van der Waals surface area contributed by atoms with E-state index >= 15 is 0 Å². The smallest absolute Gasteiger partial charge is 0.410 e. The monoisotopic (exact) mass is 478 g/mol. The fraction of sp³-hybridized carbons (Fsp3) is 0.481. The zero-order chi connectivity index (χ0) is 24.2. The normalized spacial score (nSPS) is 17.7. The first-order chi connectivity index (χ1) is 17.1. The predicted octanol–water partition coefficient (Wildman–Crippen LogP) is 3.90. The SMILES string of the molecule is Cn1c(=O)[nH]c2cccc(N3CCC(COC4CCN(C(=O)OCc5ccccc5)CC4)CC3)c21. The fourth-order valence-electron chi connectivity index (χ4n) is 5.17. The third kappa shape index (κ3) is 5.37. The number of rotatable bonds is 6. The van der Waals surface area contributed by atoms with Crippen LogP contribution in [0, 0.1) is 5.92 Å². The number of aromatic nitrogens is 2. The number of carbonyl (C=O) groups is 1. The Morgan fingerprint density at radius 1 is 0.971 bits per heavy atom. The van der Waals surface area contributed by atoms with Gasteiger partial charge in [-0.1, -0.05) is 36.4 Å². The van der Waals surface area contributed by atoms with Gasteiger partial charge in [0.2, 0.25) is 0 Å². The number of H-pyrrole nitrogens is 1. The molecule has 2 aliphatic heterocycles. The highest BCUT2D eigenvalue weighted by atomic mass is 16.6. The molecule has 3 aromatic rings. The van der Waals surface area contributed by atoms with Crippen molar-refractivity contribution in [1.82, 2.24) is 14.5 Å². The van der Waals surface area contributed by atoms with E-state index in [1.165, 1.54) is 0 Å². The van der Waals surface area contributed by atoms with E-state index < -0.39 is 0 Å². The minimum absolute atomic E-state index is 0.0776. The van der Waals surface area contributed by atoms with Crippen molar-refractivity contribution in [2.75, 3.05) is 37.7 Å². The minimum atomic E-state index is -0.241. The molecule has 2 saturated heterocycles. The van der Waals surface area contributed by atoms with Gasteiger partial charge < -0.3 is 24.3 Å². The highest BCUT2D eigenvalue weighted by Gasteiger charge is 2.27.